The van der Waals surface area contributed by atoms with Gasteiger partial charge in [-0.1, -0.05) is 73.2 Å². The van der Waals surface area contributed by atoms with Gasteiger partial charge >= 0.3 is 5.69 Å². The first kappa shape index (κ1) is 28.5. The third-order valence-electron chi connectivity index (χ3n) is 8.31. The summed E-state index contributed by atoms with van der Waals surface area (Å²) in [5.74, 6) is -0.0314. The average Bonchev–Trinajstić information content (AvgIpc) is 3.66. The van der Waals surface area contributed by atoms with Crippen molar-refractivity contribution in [2.45, 2.75) is 51.6 Å². The summed E-state index contributed by atoms with van der Waals surface area (Å²) in [6.07, 6.45) is 5.56. The molecule has 1 fully saturated rings. The number of benzene rings is 3. The molecule has 222 valence electrons. The molecule has 0 radical (unpaired) electrons. The Labute approximate surface area is 249 Å². The summed E-state index contributed by atoms with van der Waals surface area (Å²) in [4.78, 5) is 16.1. The molecule has 0 bridgehead atoms. The van der Waals surface area contributed by atoms with Crippen LogP contribution < -0.4 is 5.69 Å². The number of hydrogen-bond donors (Lipinski definition) is 2. The van der Waals surface area contributed by atoms with Crippen molar-refractivity contribution in [1.82, 2.24) is 34.7 Å². The van der Waals surface area contributed by atoms with E-state index in [1.807, 2.05) is 60.7 Å². The molecule has 3 heterocycles. The van der Waals surface area contributed by atoms with Crippen LogP contribution in [0.3, 0.4) is 0 Å². The van der Waals surface area contributed by atoms with Gasteiger partial charge in [-0.2, -0.15) is 5.21 Å². The van der Waals surface area contributed by atoms with Crippen molar-refractivity contribution >= 4 is 0 Å². The molecule has 0 saturated carbocycles. The number of nitrogens with one attached hydrogen (secondary N) is 1. The van der Waals surface area contributed by atoms with Crippen LogP contribution in [-0.4, -0.2) is 59.4 Å². The van der Waals surface area contributed by atoms with Crippen LogP contribution >= 0.6 is 0 Å². The maximum Gasteiger partial charge on any atom is 0.331 e. The second-order valence-corrected chi connectivity index (χ2v) is 11.1. The van der Waals surface area contributed by atoms with Crippen molar-refractivity contribution in [3.63, 3.8) is 0 Å². The lowest BCUT2D eigenvalue weighted by molar-refractivity contribution is 0.221. The molecule has 5 aromatic rings. The van der Waals surface area contributed by atoms with Gasteiger partial charge < -0.3 is 10.0 Å². The molecule has 3 aromatic carbocycles. The van der Waals surface area contributed by atoms with E-state index >= 15 is 4.39 Å². The molecule has 1 saturated heterocycles. The highest BCUT2D eigenvalue weighted by molar-refractivity contribution is 5.80. The standard InChI is InChI=1S/C33H36FN7O2/c34-29-22-25(27-12-5-6-13-28(27)31-35-37-38-36-31)15-16-26(29)23-41-30(17-14-24-10-3-1-4-11-24)32(42)40(33(41)43)21-9-20-39-18-7-2-8-19-39/h1,3-6,10-13,15-16,22,42H,2,7-9,14,17-21,23H2,(H,35,36,37,38). The highest BCUT2D eigenvalue weighted by Gasteiger charge is 2.21. The van der Waals surface area contributed by atoms with Gasteiger partial charge in [0.1, 0.15) is 5.82 Å². The number of hydrogen-bond acceptors (Lipinski definition) is 6. The molecule has 0 amide bonds. The zero-order chi connectivity index (χ0) is 29.6. The SMILES string of the molecule is O=c1n(CCCN2CCCCC2)c(O)c(CCc2ccccc2)n1Cc1ccc(-c2ccccc2-c2nn[nH]n2)cc1F. The van der Waals surface area contributed by atoms with Crippen molar-refractivity contribution in [2.24, 2.45) is 0 Å². The molecule has 0 aliphatic carbocycles. The number of aromatic nitrogens is 6. The van der Waals surface area contributed by atoms with Gasteiger partial charge in [-0.3, -0.25) is 9.13 Å². The predicted octanol–water partition coefficient (Wildman–Crippen LogP) is 5.05. The zero-order valence-electron chi connectivity index (χ0n) is 24.1. The first-order valence-corrected chi connectivity index (χ1v) is 15.0. The van der Waals surface area contributed by atoms with Crippen LogP contribution in [0.4, 0.5) is 4.39 Å². The van der Waals surface area contributed by atoms with Gasteiger partial charge in [0.2, 0.25) is 11.7 Å². The molecule has 1 aliphatic rings. The second-order valence-electron chi connectivity index (χ2n) is 11.1. The number of nitrogens with zero attached hydrogens (tertiary/aromatic N) is 6. The predicted molar refractivity (Wildman–Crippen MR) is 163 cm³/mol. The Balaban J connectivity index is 1.27. The highest BCUT2D eigenvalue weighted by Crippen LogP contribution is 2.31. The van der Waals surface area contributed by atoms with Gasteiger partial charge in [-0.25, -0.2) is 9.18 Å². The minimum Gasteiger partial charge on any atom is -0.493 e. The minimum atomic E-state index is -0.432. The van der Waals surface area contributed by atoms with Crippen LogP contribution in [0.15, 0.2) is 77.6 Å². The summed E-state index contributed by atoms with van der Waals surface area (Å²) in [7, 11) is 0. The van der Waals surface area contributed by atoms with Crippen molar-refractivity contribution in [2.75, 3.05) is 19.6 Å². The highest BCUT2D eigenvalue weighted by atomic mass is 19.1. The number of halogens is 1. The number of rotatable bonds is 11. The first-order valence-electron chi connectivity index (χ1n) is 15.0. The van der Waals surface area contributed by atoms with Gasteiger partial charge in [-0.15, -0.1) is 10.2 Å². The van der Waals surface area contributed by atoms with Gasteiger partial charge in [0, 0.05) is 17.7 Å². The van der Waals surface area contributed by atoms with Gasteiger partial charge in [-0.05, 0) is 79.7 Å². The monoisotopic (exact) mass is 581 g/mol. The fraction of sp³-hybridized carbons (Fsp3) is 0.333. The summed E-state index contributed by atoms with van der Waals surface area (Å²) < 4.78 is 18.7. The third kappa shape index (κ3) is 6.44. The summed E-state index contributed by atoms with van der Waals surface area (Å²) in [6.45, 7) is 3.49. The summed E-state index contributed by atoms with van der Waals surface area (Å²) in [5.41, 5.74) is 3.85. The largest absolute Gasteiger partial charge is 0.493 e. The smallest absolute Gasteiger partial charge is 0.331 e. The van der Waals surface area contributed by atoms with E-state index in [4.69, 9.17) is 0 Å². The van der Waals surface area contributed by atoms with Crippen molar-refractivity contribution in [1.29, 1.82) is 0 Å². The Morgan fingerprint density at radius 2 is 1.63 bits per heavy atom. The Kier molecular flexibility index (Phi) is 8.74. The molecule has 0 atom stereocenters. The Bertz CT molecular complexity index is 1710. The number of imidazole rings is 1. The van der Waals surface area contributed by atoms with Crippen molar-refractivity contribution < 1.29 is 9.50 Å². The minimum absolute atomic E-state index is 0.0221. The molecule has 10 heteroatoms. The quantitative estimate of drug-likeness (QED) is 0.226. The van der Waals surface area contributed by atoms with Crippen LogP contribution in [0.25, 0.3) is 22.5 Å². The lowest BCUT2D eigenvalue weighted by Gasteiger charge is -2.26. The molecule has 0 unspecified atom stereocenters. The second kappa shape index (κ2) is 13.2. The van der Waals surface area contributed by atoms with Crippen LogP contribution in [0.2, 0.25) is 0 Å². The Hall–Kier alpha value is -4.57. The fourth-order valence-electron chi connectivity index (χ4n) is 6.00. The topological polar surface area (TPSA) is 105 Å². The van der Waals surface area contributed by atoms with E-state index in [1.165, 1.54) is 34.5 Å². The lowest BCUT2D eigenvalue weighted by atomic mass is 9.98. The van der Waals surface area contributed by atoms with Crippen LogP contribution in [-0.2, 0) is 25.9 Å². The molecule has 1 aliphatic heterocycles. The van der Waals surface area contributed by atoms with Gasteiger partial charge in [0.25, 0.3) is 0 Å². The van der Waals surface area contributed by atoms with E-state index in [2.05, 4.69) is 25.5 Å². The van der Waals surface area contributed by atoms with E-state index in [0.29, 0.717) is 42.0 Å². The number of tetrazole rings is 1. The van der Waals surface area contributed by atoms with Gasteiger partial charge in [0.05, 0.1) is 12.2 Å². The summed E-state index contributed by atoms with van der Waals surface area (Å²) in [6, 6.07) is 22.5. The summed E-state index contributed by atoms with van der Waals surface area (Å²) >= 11 is 0. The third-order valence-corrected chi connectivity index (χ3v) is 8.31. The maximum atomic E-state index is 15.7. The number of likely N-dealkylation sites (tertiary alicyclic amines) is 1. The first-order chi connectivity index (χ1) is 21.1. The van der Waals surface area contributed by atoms with E-state index in [1.54, 1.807) is 6.07 Å². The number of aromatic amines is 1. The Morgan fingerprint density at radius 1 is 0.860 bits per heavy atom. The average molecular weight is 582 g/mol. The van der Waals surface area contributed by atoms with Crippen LogP contribution in [0, 0.1) is 5.82 Å². The number of piperidine rings is 1. The Morgan fingerprint density at radius 3 is 2.37 bits per heavy atom. The van der Waals surface area contributed by atoms with Crippen LogP contribution in [0.1, 0.15) is 42.5 Å². The van der Waals surface area contributed by atoms with Crippen molar-refractivity contribution in [3.05, 3.63) is 106 Å². The van der Waals surface area contributed by atoms with Crippen LogP contribution in [0.5, 0.6) is 5.88 Å². The molecular weight excluding hydrogens is 545 g/mol. The zero-order valence-corrected chi connectivity index (χ0v) is 24.1. The number of aryl methyl sites for hydroxylation is 1. The van der Waals surface area contributed by atoms with E-state index in [9.17, 15) is 9.90 Å². The fourth-order valence-corrected chi connectivity index (χ4v) is 6.00. The van der Waals surface area contributed by atoms with Gasteiger partial charge in [0.15, 0.2) is 0 Å². The van der Waals surface area contributed by atoms with E-state index < -0.39 is 5.82 Å². The van der Waals surface area contributed by atoms with E-state index in [-0.39, 0.29) is 18.1 Å². The van der Waals surface area contributed by atoms with E-state index in [0.717, 1.165) is 42.7 Å². The van der Waals surface area contributed by atoms with Crippen molar-refractivity contribution in [3.8, 4) is 28.4 Å². The molecule has 9 nitrogen and oxygen atoms in total. The molecule has 43 heavy (non-hydrogen) atoms. The molecular formula is C33H36FN7O2. The number of aromatic hydroxyl groups is 1. The maximum absolute atomic E-state index is 15.7. The lowest BCUT2D eigenvalue weighted by Crippen LogP contribution is -2.32. The normalized spacial score (nSPS) is 13.9. The number of H-pyrrole nitrogens is 1. The summed E-state index contributed by atoms with van der Waals surface area (Å²) in [5, 5.41) is 25.5. The molecule has 6 rings (SSSR count). The molecule has 2 aromatic heterocycles. The molecule has 2 N–H and O–H groups in total. The molecule has 0 spiro atoms.